The lowest BCUT2D eigenvalue weighted by Crippen LogP contribution is -2.24. The molecule has 3 aromatic rings. The Morgan fingerprint density at radius 3 is 2.83 bits per heavy atom. The van der Waals surface area contributed by atoms with Crippen molar-refractivity contribution in [1.29, 1.82) is 0 Å². The smallest absolute Gasteiger partial charge is 0.227 e. The Bertz CT molecular complexity index is 946. The third kappa shape index (κ3) is 2.69. The second-order valence-corrected chi connectivity index (χ2v) is 7.35. The number of furan rings is 1. The number of hydrogen-bond donors (Lipinski definition) is 0. The van der Waals surface area contributed by atoms with Gasteiger partial charge in [0.25, 0.3) is 0 Å². The Morgan fingerprint density at radius 1 is 1.21 bits per heavy atom. The summed E-state index contributed by atoms with van der Waals surface area (Å²) in [6, 6.07) is 13.8. The molecular formula is C19H17NO3S. The Hall–Kier alpha value is -2.27. The van der Waals surface area contributed by atoms with Crippen molar-refractivity contribution in [2.45, 2.75) is 13.3 Å². The monoisotopic (exact) mass is 339 g/mol. The summed E-state index contributed by atoms with van der Waals surface area (Å²) in [5, 5.41) is 2.19. The highest BCUT2D eigenvalue weighted by Gasteiger charge is 2.31. The SMILES string of the molecule is CC(=O)SCC1CC(=O)N(c2ccc3oc4ccccc4c3c2)C1. The molecule has 2 aromatic carbocycles. The molecule has 2 heterocycles. The van der Waals surface area contributed by atoms with Crippen LogP contribution < -0.4 is 4.90 Å². The molecule has 0 radical (unpaired) electrons. The van der Waals surface area contributed by atoms with Crippen LogP contribution >= 0.6 is 11.8 Å². The molecule has 1 aliphatic heterocycles. The zero-order valence-electron chi connectivity index (χ0n) is 13.3. The molecule has 5 heteroatoms. The zero-order valence-corrected chi connectivity index (χ0v) is 14.1. The predicted octanol–water partition coefficient (Wildman–Crippen LogP) is 4.22. The number of nitrogens with zero attached hydrogens (tertiary/aromatic N) is 1. The lowest BCUT2D eigenvalue weighted by molar-refractivity contribution is -0.117. The predicted molar refractivity (Wildman–Crippen MR) is 97.3 cm³/mol. The van der Waals surface area contributed by atoms with Gasteiger partial charge in [-0.05, 0) is 30.2 Å². The average molecular weight is 339 g/mol. The first-order chi connectivity index (χ1) is 11.6. The van der Waals surface area contributed by atoms with Gasteiger partial charge in [0, 0.05) is 42.1 Å². The number of benzene rings is 2. The highest BCUT2D eigenvalue weighted by Crippen LogP contribution is 2.34. The van der Waals surface area contributed by atoms with Crippen molar-refractivity contribution in [1.82, 2.24) is 0 Å². The van der Waals surface area contributed by atoms with E-state index in [4.69, 9.17) is 4.42 Å². The lowest BCUT2D eigenvalue weighted by atomic mass is 10.1. The molecule has 1 aromatic heterocycles. The van der Waals surface area contributed by atoms with Gasteiger partial charge >= 0.3 is 0 Å². The first kappa shape index (κ1) is 15.3. The third-order valence-electron chi connectivity index (χ3n) is 4.40. The van der Waals surface area contributed by atoms with E-state index >= 15 is 0 Å². The third-order valence-corrected chi connectivity index (χ3v) is 5.44. The quantitative estimate of drug-likeness (QED) is 0.717. The molecule has 0 bridgehead atoms. The molecule has 0 saturated carbocycles. The topological polar surface area (TPSA) is 50.5 Å². The van der Waals surface area contributed by atoms with Crippen LogP contribution in [0.2, 0.25) is 0 Å². The summed E-state index contributed by atoms with van der Waals surface area (Å²) in [5.74, 6) is 1.05. The maximum Gasteiger partial charge on any atom is 0.227 e. The van der Waals surface area contributed by atoms with Gasteiger partial charge in [0.15, 0.2) is 5.12 Å². The minimum Gasteiger partial charge on any atom is -0.456 e. The minimum absolute atomic E-state index is 0.104. The Balaban J connectivity index is 1.65. The van der Waals surface area contributed by atoms with Crippen LogP contribution in [-0.4, -0.2) is 23.3 Å². The van der Waals surface area contributed by atoms with Crippen molar-refractivity contribution < 1.29 is 14.0 Å². The second-order valence-electron chi connectivity index (χ2n) is 6.16. The highest BCUT2D eigenvalue weighted by atomic mass is 32.2. The molecule has 0 N–H and O–H groups in total. The molecule has 1 fully saturated rings. The Kier molecular flexibility index (Phi) is 3.81. The molecule has 1 atom stereocenters. The largest absolute Gasteiger partial charge is 0.456 e. The Morgan fingerprint density at radius 2 is 2.00 bits per heavy atom. The van der Waals surface area contributed by atoms with E-state index in [1.54, 1.807) is 6.92 Å². The molecule has 122 valence electrons. The van der Waals surface area contributed by atoms with Crippen LogP contribution in [0.4, 0.5) is 5.69 Å². The number of para-hydroxylation sites is 1. The summed E-state index contributed by atoms with van der Waals surface area (Å²) in [6.45, 7) is 2.23. The molecule has 1 amide bonds. The number of anilines is 1. The molecule has 0 spiro atoms. The maximum absolute atomic E-state index is 12.4. The van der Waals surface area contributed by atoms with E-state index in [1.807, 2.05) is 47.4 Å². The van der Waals surface area contributed by atoms with E-state index in [9.17, 15) is 9.59 Å². The number of hydrogen-bond acceptors (Lipinski definition) is 4. The van der Waals surface area contributed by atoms with Gasteiger partial charge in [0.1, 0.15) is 11.2 Å². The summed E-state index contributed by atoms with van der Waals surface area (Å²) in [7, 11) is 0. The molecule has 4 rings (SSSR count). The maximum atomic E-state index is 12.4. The number of thioether (sulfide) groups is 1. The van der Waals surface area contributed by atoms with Crippen LogP contribution in [0.15, 0.2) is 46.9 Å². The van der Waals surface area contributed by atoms with Crippen LogP contribution in [0.3, 0.4) is 0 Å². The average Bonchev–Trinajstić information content (AvgIpc) is 3.12. The highest BCUT2D eigenvalue weighted by molar-refractivity contribution is 8.13. The molecule has 1 saturated heterocycles. The van der Waals surface area contributed by atoms with Crippen LogP contribution in [-0.2, 0) is 9.59 Å². The van der Waals surface area contributed by atoms with Gasteiger partial charge in [-0.3, -0.25) is 9.59 Å². The lowest BCUT2D eigenvalue weighted by Gasteiger charge is -2.16. The minimum atomic E-state index is 0.104. The zero-order chi connectivity index (χ0) is 16.7. The number of amides is 1. The van der Waals surface area contributed by atoms with Gasteiger partial charge in [-0.2, -0.15) is 0 Å². The molecule has 24 heavy (non-hydrogen) atoms. The van der Waals surface area contributed by atoms with Crippen molar-refractivity contribution in [3.63, 3.8) is 0 Å². The van der Waals surface area contributed by atoms with Gasteiger partial charge in [0.05, 0.1) is 0 Å². The van der Waals surface area contributed by atoms with Crippen LogP contribution in [0.1, 0.15) is 13.3 Å². The molecule has 0 aliphatic carbocycles. The van der Waals surface area contributed by atoms with E-state index in [1.165, 1.54) is 11.8 Å². The first-order valence-electron chi connectivity index (χ1n) is 7.97. The number of carbonyl (C=O) groups excluding carboxylic acids is 2. The van der Waals surface area contributed by atoms with E-state index in [-0.39, 0.29) is 16.9 Å². The van der Waals surface area contributed by atoms with E-state index in [2.05, 4.69) is 0 Å². The van der Waals surface area contributed by atoms with Crippen molar-refractivity contribution in [3.05, 3.63) is 42.5 Å². The molecular weight excluding hydrogens is 322 g/mol. The fraction of sp³-hybridized carbons (Fsp3) is 0.263. The van der Waals surface area contributed by atoms with E-state index in [0.717, 1.165) is 27.6 Å². The van der Waals surface area contributed by atoms with Gasteiger partial charge < -0.3 is 9.32 Å². The Labute approximate surface area is 143 Å². The van der Waals surface area contributed by atoms with Gasteiger partial charge in [-0.1, -0.05) is 30.0 Å². The van der Waals surface area contributed by atoms with Gasteiger partial charge in [-0.15, -0.1) is 0 Å². The van der Waals surface area contributed by atoms with Crippen LogP contribution in [0.25, 0.3) is 21.9 Å². The fourth-order valence-electron chi connectivity index (χ4n) is 3.26. The summed E-state index contributed by atoms with van der Waals surface area (Å²) >= 11 is 1.30. The normalized spacial score (nSPS) is 18.0. The summed E-state index contributed by atoms with van der Waals surface area (Å²) in [6.07, 6.45) is 0.504. The number of fused-ring (bicyclic) bond motifs is 3. The fourth-order valence-corrected chi connectivity index (χ4v) is 3.95. The standard InChI is InChI=1S/C19H17NO3S/c1-12(21)24-11-13-8-19(22)20(10-13)14-6-7-18-16(9-14)15-4-2-3-5-17(15)23-18/h2-7,9,13H,8,10-11H2,1H3. The summed E-state index contributed by atoms with van der Waals surface area (Å²) in [5.41, 5.74) is 2.58. The van der Waals surface area contributed by atoms with Crippen molar-refractivity contribution >= 4 is 50.4 Å². The van der Waals surface area contributed by atoms with Crippen LogP contribution in [0, 0.1) is 5.92 Å². The molecule has 1 aliphatic rings. The first-order valence-corrected chi connectivity index (χ1v) is 8.95. The van der Waals surface area contributed by atoms with Crippen LogP contribution in [0.5, 0.6) is 0 Å². The van der Waals surface area contributed by atoms with E-state index in [0.29, 0.717) is 18.7 Å². The second kappa shape index (κ2) is 5.98. The van der Waals surface area contributed by atoms with Crippen molar-refractivity contribution in [3.8, 4) is 0 Å². The molecule has 4 nitrogen and oxygen atoms in total. The summed E-state index contributed by atoms with van der Waals surface area (Å²) in [4.78, 5) is 25.3. The number of rotatable bonds is 3. The summed E-state index contributed by atoms with van der Waals surface area (Å²) < 4.78 is 5.84. The van der Waals surface area contributed by atoms with E-state index < -0.39 is 0 Å². The van der Waals surface area contributed by atoms with Gasteiger partial charge in [0.2, 0.25) is 5.91 Å². The molecule has 1 unspecified atom stereocenters. The van der Waals surface area contributed by atoms with Crippen molar-refractivity contribution in [2.24, 2.45) is 5.92 Å². The number of carbonyl (C=O) groups is 2. The van der Waals surface area contributed by atoms with Gasteiger partial charge in [-0.25, -0.2) is 0 Å². The van der Waals surface area contributed by atoms with Crippen molar-refractivity contribution in [2.75, 3.05) is 17.2 Å².